The van der Waals surface area contributed by atoms with E-state index in [2.05, 4.69) is 20.1 Å². The summed E-state index contributed by atoms with van der Waals surface area (Å²) in [6, 6.07) is 0. The first-order valence-corrected chi connectivity index (χ1v) is 28.9. The van der Waals surface area contributed by atoms with Crippen LogP contribution in [0.5, 0.6) is 0 Å². The Balaban J connectivity index is 0.703. The molecule has 0 aromatic rings. The van der Waals surface area contributed by atoms with Gasteiger partial charge in [-0.25, -0.2) is 0 Å². The Kier molecular flexibility index (Phi) is 14.5. The number of aliphatic hydroxyl groups excluding tert-OH is 2. The Hall–Kier alpha value is -1.69. The highest BCUT2D eigenvalue weighted by atomic mass is 16.8. The lowest BCUT2D eigenvalue weighted by Gasteiger charge is -2.54. The summed E-state index contributed by atoms with van der Waals surface area (Å²) < 4.78 is 94.4. The van der Waals surface area contributed by atoms with Gasteiger partial charge in [0.2, 0.25) is 0 Å². The van der Waals surface area contributed by atoms with Gasteiger partial charge in [-0.2, -0.15) is 0 Å². The molecule has 13 fully saturated rings. The van der Waals surface area contributed by atoms with Crippen LogP contribution in [0.25, 0.3) is 0 Å². The van der Waals surface area contributed by atoms with Crippen molar-refractivity contribution in [3.05, 3.63) is 24.3 Å². The van der Waals surface area contributed by atoms with Crippen molar-refractivity contribution in [2.75, 3.05) is 13.7 Å². The van der Waals surface area contributed by atoms with E-state index >= 15 is 0 Å². The Morgan fingerprint density at radius 1 is 0.568 bits per heavy atom. The van der Waals surface area contributed by atoms with Crippen LogP contribution in [0, 0.1) is 5.92 Å². The molecule has 0 amide bonds. The van der Waals surface area contributed by atoms with E-state index in [0.717, 1.165) is 62.5 Å². The van der Waals surface area contributed by atoms with Crippen molar-refractivity contribution < 1.29 is 81.3 Å². The van der Waals surface area contributed by atoms with Gasteiger partial charge >= 0.3 is 5.97 Å². The summed E-state index contributed by atoms with van der Waals surface area (Å²) in [6.07, 6.45) is 5.79. The van der Waals surface area contributed by atoms with Gasteiger partial charge in [-0.1, -0.05) is 20.1 Å². The molecule has 13 aliphatic rings. The first-order valence-electron chi connectivity index (χ1n) is 28.9. The van der Waals surface area contributed by atoms with Gasteiger partial charge in [-0.15, -0.1) is 0 Å². The summed E-state index contributed by atoms with van der Waals surface area (Å²) in [7, 11) is 1.70. The fourth-order valence-corrected chi connectivity index (χ4v) is 16.0. The quantitative estimate of drug-likeness (QED) is 0.258. The minimum atomic E-state index is -0.882. The molecule has 0 aromatic heterocycles. The zero-order chi connectivity index (χ0) is 50.6. The summed E-state index contributed by atoms with van der Waals surface area (Å²) in [6.45, 7) is 11.4. The van der Waals surface area contributed by atoms with E-state index in [1.54, 1.807) is 7.11 Å². The molecule has 414 valence electrons. The molecule has 0 aliphatic carbocycles. The fraction of sp³-hybridized carbons (Fsp3) is 0.911. The number of hydrogen-bond donors (Lipinski definition) is 3. The minimum absolute atomic E-state index is 0.0150. The van der Waals surface area contributed by atoms with E-state index < -0.39 is 66.5 Å². The van der Waals surface area contributed by atoms with Crippen molar-refractivity contribution in [1.29, 1.82) is 0 Å². The second-order valence-corrected chi connectivity index (χ2v) is 24.8. The Morgan fingerprint density at radius 2 is 1.30 bits per heavy atom. The molecule has 0 radical (unpaired) electrons. The molecule has 0 saturated carbocycles. The highest BCUT2D eigenvalue weighted by Gasteiger charge is 2.62. The predicted molar refractivity (Wildman–Crippen MR) is 260 cm³/mol. The Morgan fingerprint density at radius 3 is 2.14 bits per heavy atom. The highest BCUT2D eigenvalue weighted by molar-refractivity contribution is 5.70. The Labute approximate surface area is 435 Å². The number of nitrogens with two attached hydrogens (primary N) is 1. The first kappa shape index (κ1) is 51.7. The van der Waals surface area contributed by atoms with Crippen LogP contribution in [0.3, 0.4) is 0 Å². The number of esters is 1. The van der Waals surface area contributed by atoms with Crippen LogP contribution in [0.2, 0.25) is 0 Å². The largest absolute Gasteiger partial charge is 0.459 e. The van der Waals surface area contributed by atoms with Crippen LogP contribution < -0.4 is 5.73 Å². The number of fused-ring (bicyclic) bond motifs is 12. The van der Waals surface area contributed by atoms with Crippen molar-refractivity contribution in [3.8, 4) is 0 Å². The zero-order valence-electron chi connectivity index (χ0n) is 43.5. The number of carbonyl (C=O) groups excluding carboxylic acids is 1. The van der Waals surface area contributed by atoms with Crippen molar-refractivity contribution in [2.24, 2.45) is 11.7 Å². The summed E-state index contributed by atoms with van der Waals surface area (Å²) in [4.78, 5) is 14.3. The number of methoxy groups -OCH3 is 1. The van der Waals surface area contributed by atoms with Gasteiger partial charge in [0.05, 0.1) is 122 Å². The normalized spacial score (nSPS) is 54.5. The molecule has 13 heterocycles. The number of hydrogen-bond acceptors (Lipinski definition) is 18. The lowest BCUT2D eigenvalue weighted by atomic mass is 9.80. The fourth-order valence-electron chi connectivity index (χ4n) is 16.0. The van der Waals surface area contributed by atoms with Gasteiger partial charge in [-0.3, -0.25) is 4.79 Å². The predicted octanol–water partition coefficient (Wildman–Crippen LogP) is 4.67. The molecule has 4 N–H and O–H groups in total. The van der Waals surface area contributed by atoms with Gasteiger partial charge in [0.15, 0.2) is 11.6 Å². The van der Waals surface area contributed by atoms with Crippen LogP contribution in [-0.4, -0.2) is 188 Å². The van der Waals surface area contributed by atoms with Crippen molar-refractivity contribution in [2.45, 2.75) is 300 Å². The molecular weight excluding hydrogens is 959 g/mol. The number of ether oxygens (including phenoxy) is 14. The molecular formula is C56H83NO17. The first-order chi connectivity index (χ1) is 35.8. The van der Waals surface area contributed by atoms with E-state index in [9.17, 15) is 15.0 Å². The van der Waals surface area contributed by atoms with E-state index in [1.165, 1.54) is 0 Å². The summed E-state index contributed by atoms with van der Waals surface area (Å²) in [5.74, 6) is -1.92. The van der Waals surface area contributed by atoms with Crippen LogP contribution in [0.1, 0.15) is 142 Å². The minimum Gasteiger partial charge on any atom is -0.459 e. The van der Waals surface area contributed by atoms with Crippen LogP contribution in [0.15, 0.2) is 24.3 Å². The standard InChI is InChI=1S/C56H83NO17/c1-27-5-6-30-7-9-36-28(2)17-32(63-36)11-14-55-16-13-38(71-55)52-53(61-4)54(74-55)51-37(69-52)10-8-31(65-51)20-49(60)68-46-24-45-44(67-43(46)22-39(27)62-30)23-42-41(66-45)19-33(64-42)18-40-34(58)12-15-56(72-40)25-29(3)50-47(73-56)21-35(59)48(26-57)70-50/h29-48,50-54,58-59H,1-2,5-26,57H2,3-4H3/t29-,30+,31+,32-,33-,34-,35+,36-,37-,38-,39+,40-,41?,42+,43-,44-,45?,46+,47-,48+,50-,51-,52-,53?,54-,55-,56+/m0/s1. The van der Waals surface area contributed by atoms with Crippen molar-refractivity contribution in [3.63, 3.8) is 0 Å². The zero-order valence-corrected chi connectivity index (χ0v) is 43.5. The van der Waals surface area contributed by atoms with E-state index in [4.69, 9.17) is 72.0 Å². The SMILES string of the molecule is C=C1C[C@@H]2CC[C@]34CC[C@H](O3)[C@@H]3O[C@H]5CC[C@H](CC(=O)O[C@@H]6CC7OC8C[C@H](C[C@@H]9O[C@@]%10(CC[C@@H]9O)C[C@H](C)[C@@H]9O[C@H](CN)[C@H](O)C[C@@H]9O%10)O[C@@H]8C[C@@H]7O[C@H]6C[C@H]6O[C@H](CCC6=C)CC[C@@H]1O2)O[C@@H]5[C@H](O4)C3OC. The third kappa shape index (κ3) is 9.94. The van der Waals surface area contributed by atoms with Gasteiger partial charge in [0, 0.05) is 77.9 Å². The van der Waals surface area contributed by atoms with Gasteiger partial charge in [0.25, 0.3) is 0 Å². The number of rotatable bonds is 4. The van der Waals surface area contributed by atoms with Crippen LogP contribution >= 0.6 is 0 Å². The molecule has 13 aliphatic heterocycles. The van der Waals surface area contributed by atoms with Gasteiger partial charge in [-0.05, 0) is 81.3 Å². The molecule has 13 rings (SSSR count). The maximum absolute atomic E-state index is 14.3. The monoisotopic (exact) mass is 1040 g/mol. The molecule has 27 atom stereocenters. The van der Waals surface area contributed by atoms with Crippen LogP contribution in [-0.2, 0) is 71.1 Å². The number of carbonyl (C=O) groups is 1. The molecule has 74 heavy (non-hydrogen) atoms. The third-order valence-corrected chi connectivity index (χ3v) is 19.8. The lowest BCUT2D eigenvalue weighted by Crippen LogP contribution is -2.64. The smallest absolute Gasteiger partial charge is 0.308 e. The van der Waals surface area contributed by atoms with E-state index in [-0.39, 0.29) is 116 Å². The van der Waals surface area contributed by atoms with Crippen molar-refractivity contribution >= 4 is 5.97 Å². The second kappa shape index (κ2) is 20.8. The summed E-state index contributed by atoms with van der Waals surface area (Å²) >= 11 is 0. The van der Waals surface area contributed by atoms with Crippen molar-refractivity contribution in [1.82, 2.24) is 0 Å². The average Bonchev–Trinajstić information content (AvgIpc) is 4.09. The van der Waals surface area contributed by atoms with E-state index in [1.807, 2.05) is 0 Å². The molecule has 3 unspecified atom stereocenters. The third-order valence-electron chi connectivity index (χ3n) is 19.8. The molecule has 10 bridgehead atoms. The molecule has 18 heteroatoms. The lowest BCUT2D eigenvalue weighted by molar-refractivity contribution is -0.369. The number of aliphatic hydroxyl groups is 2. The second-order valence-electron chi connectivity index (χ2n) is 24.8. The van der Waals surface area contributed by atoms with Gasteiger partial charge < -0.3 is 82.3 Å². The molecule has 2 spiro atoms. The molecule has 0 aromatic carbocycles. The summed E-state index contributed by atoms with van der Waals surface area (Å²) in [5.41, 5.74) is 8.06. The Bertz CT molecular complexity index is 2070. The topological polar surface area (TPSA) is 213 Å². The van der Waals surface area contributed by atoms with E-state index in [0.29, 0.717) is 77.0 Å². The maximum atomic E-state index is 14.3. The van der Waals surface area contributed by atoms with Crippen LogP contribution in [0.4, 0.5) is 0 Å². The van der Waals surface area contributed by atoms with Gasteiger partial charge in [0.1, 0.15) is 30.5 Å². The highest BCUT2D eigenvalue weighted by Crippen LogP contribution is 2.51. The molecule has 13 saturated heterocycles. The maximum Gasteiger partial charge on any atom is 0.308 e. The average molecular weight is 1040 g/mol. The summed E-state index contributed by atoms with van der Waals surface area (Å²) in [5, 5.41) is 22.1. The molecule has 18 nitrogen and oxygen atoms in total.